The third kappa shape index (κ3) is 2.39. The summed E-state index contributed by atoms with van der Waals surface area (Å²) >= 11 is 0. The van der Waals surface area contributed by atoms with Crippen molar-refractivity contribution in [1.29, 1.82) is 0 Å². The monoisotopic (exact) mass is 257 g/mol. The number of rotatable bonds is 4. The lowest BCUT2D eigenvalue weighted by atomic mass is 10.1. The molecule has 0 amide bonds. The summed E-state index contributed by atoms with van der Waals surface area (Å²) < 4.78 is 5.23. The molecule has 3 rings (SSSR count). The van der Waals surface area contributed by atoms with Gasteiger partial charge >= 0.3 is 5.97 Å². The number of benzene rings is 1. The molecule has 0 spiro atoms. The van der Waals surface area contributed by atoms with E-state index in [9.17, 15) is 4.79 Å². The quantitative estimate of drug-likeness (QED) is 0.884. The van der Waals surface area contributed by atoms with Crippen LogP contribution in [0.3, 0.4) is 0 Å². The van der Waals surface area contributed by atoms with Crippen molar-refractivity contribution in [2.24, 2.45) is 0 Å². The molecule has 4 nitrogen and oxygen atoms in total. The Morgan fingerprint density at radius 2 is 2.26 bits per heavy atom. The SMILES string of the molecule is O=C(O)c1coc(CNC2CCc3ccccc32)c1. The molecule has 0 fully saturated rings. The molecule has 1 heterocycles. The fraction of sp³-hybridized carbons (Fsp3) is 0.267. The minimum absolute atomic E-state index is 0.198. The number of furan rings is 1. The van der Waals surface area contributed by atoms with Crippen LogP contribution >= 0.6 is 0 Å². The van der Waals surface area contributed by atoms with Gasteiger partial charge in [-0.1, -0.05) is 24.3 Å². The fourth-order valence-electron chi connectivity index (χ4n) is 2.58. The first-order chi connectivity index (χ1) is 9.24. The lowest BCUT2D eigenvalue weighted by Gasteiger charge is -2.12. The van der Waals surface area contributed by atoms with Crippen molar-refractivity contribution in [3.63, 3.8) is 0 Å². The highest BCUT2D eigenvalue weighted by Gasteiger charge is 2.21. The normalized spacial score (nSPS) is 17.4. The predicted octanol–water partition coefficient (Wildman–Crippen LogP) is 2.75. The molecule has 0 saturated carbocycles. The molecule has 0 aliphatic heterocycles. The van der Waals surface area contributed by atoms with Crippen molar-refractivity contribution < 1.29 is 14.3 Å². The van der Waals surface area contributed by atoms with Crippen LogP contribution in [0.1, 0.15) is 39.7 Å². The summed E-state index contributed by atoms with van der Waals surface area (Å²) in [6.07, 6.45) is 3.44. The molecule has 2 N–H and O–H groups in total. The number of carbonyl (C=O) groups is 1. The van der Waals surface area contributed by atoms with Crippen LogP contribution in [0.2, 0.25) is 0 Å². The molecule has 1 aromatic heterocycles. The molecule has 1 unspecified atom stereocenters. The van der Waals surface area contributed by atoms with E-state index >= 15 is 0 Å². The number of hydrogen-bond acceptors (Lipinski definition) is 3. The molecule has 0 saturated heterocycles. The summed E-state index contributed by atoms with van der Waals surface area (Å²) in [4.78, 5) is 10.8. The van der Waals surface area contributed by atoms with Crippen molar-refractivity contribution in [3.05, 3.63) is 59.0 Å². The third-order valence-electron chi connectivity index (χ3n) is 3.56. The van der Waals surface area contributed by atoms with Crippen LogP contribution in [-0.4, -0.2) is 11.1 Å². The second-order valence-electron chi connectivity index (χ2n) is 4.78. The summed E-state index contributed by atoms with van der Waals surface area (Å²) in [6, 6.07) is 10.3. The largest absolute Gasteiger partial charge is 0.478 e. The van der Waals surface area contributed by atoms with Gasteiger partial charge in [0, 0.05) is 6.04 Å². The Labute approximate surface area is 111 Å². The van der Waals surface area contributed by atoms with E-state index in [0.29, 0.717) is 18.3 Å². The Bertz CT molecular complexity index is 603. The molecule has 1 aromatic carbocycles. The Hall–Kier alpha value is -2.07. The summed E-state index contributed by atoms with van der Waals surface area (Å²) in [5.74, 6) is -0.303. The van der Waals surface area contributed by atoms with Gasteiger partial charge in [-0.15, -0.1) is 0 Å². The van der Waals surface area contributed by atoms with E-state index in [1.165, 1.54) is 17.4 Å². The number of carboxylic acids is 1. The number of carboxylic acid groups (broad SMARTS) is 1. The van der Waals surface area contributed by atoms with Crippen molar-refractivity contribution in [1.82, 2.24) is 5.32 Å². The average molecular weight is 257 g/mol. The lowest BCUT2D eigenvalue weighted by Crippen LogP contribution is -2.18. The van der Waals surface area contributed by atoms with E-state index in [2.05, 4.69) is 23.5 Å². The van der Waals surface area contributed by atoms with Crippen molar-refractivity contribution >= 4 is 5.97 Å². The van der Waals surface area contributed by atoms with Gasteiger partial charge in [-0.25, -0.2) is 4.79 Å². The Morgan fingerprint density at radius 1 is 1.42 bits per heavy atom. The molecule has 1 atom stereocenters. The molecule has 19 heavy (non-hydrogen) atoms. The first-order valence-electron chi connectivity index (χ1n) is 6.36. The second kappa shape index (κ2) is 4.90. The standard InChI is InChI=1S/C15H15NO3/c17-15(18)11-7-12(19-9-11)8-16-14-6-5-10-3-1-2-4-13(10)14/h1-4,7,9,14,16H,5-6,8H2,(H,17,18). The first-order valence-corrected chi connectivity index (χ1v) is 6.36. The van der Waals surface area contributed by atoms with E-state index in [4.69, 9.17) is 9.52 Å². The van der Waals surface area contributed by atoms with Gasteiger partial charge in [0.15, 0.2) is 0 Å². The van der Waals surface area contributed by atoms with E-state index in [1.54, 1.807) is 6.07 Å². The van der Waals surface area contributed by atoms with E-state index in [0.717, 1.165) is 12.8 Å². The van der Waals surface area contributed by atoms with Crippen LogP contribution in [0, 0.1) is 0 Å². The van der Waals surface area contributed by atoms with Gasteiger partial charge in [0.05, 0.1) is 12.1 Å². The van der Waals surface area contributed by atoms with Crippen molar-refractivity contribution in [2.75, 3.05) is 0 Å². The van der Waals surface area contributed by atoms with E-state index in [-0.39, 0.29) is 5.56 Å². The van der Waals surface area contributed by atoms with Gasteiger partial charge < -0.3 is 14.8 Å². The minimum atomic E-state index is -0.957. The molecule has 2 aromatic rings. The van der Waals surface area contributed by atoms with Crippen molar-refractivity contribution in [2.45, 2.75) is 25.4 Å². The van der Waals surface area contributed by atoms with Crippen molar-refractivity contribution in [3.8, 4) is 0 Å². The van der Waals surface area contributed by atoms with Gasteiger partial charge in [-0.2, -0.15) is 0 Å². The lowest BCUT2D eigenvalue weighted by molar-refractivity contribution is 0.0696. The molecule has 4 heteroatoms. The summed E-state index contributed by atoms with van der Waals surface area (Å²) in [6.45, 7) is 0.548. The van der Waals surface area contributed by atoms with Crippen LogP contribution in [-0.2, 0) is 13.0 Å². The smallest absolute Gasteiger partial charge is 0.338 e. The zero-order chi connectivity index (χ0) is 13.2. The fourth-order valence-corrected chi connectivity index (χ4v) is 2.58. The number of hydrogen-bond donors (Lipinski definition) is 2. The van der Waals surface area contributed by atoms with Gasteiger partial charge in [0.1, 0.15) is 12.0 Å². The molecule has 1 aliphatic rings. The highest BCUT2D eigenvalue weighted by atomic mass is 16.4. The summed E-state index contributed by atoms with van der Waals surface area (Å²) in [7, 11) is 0. The van der Waals surface area contributed by atoms with Gasteiger partial charge in [-0.05, 0) is 30.0 Å². The number of fused-ring (bicyclic) bond motifs is 1. The summed E-state index contributed by atoms with van der Waals surface area (Å²) in [5, 5.41) is 12.2. The minimum Gasteiger partial charge on any atom is -0.478 e. The van der Waals surface area contributed by atoms with Crippen LogP contribution in [0.15, 0.2) is 41.0 Å². The van der Waals surface area contributed by atoms with Crippen LogP contribution < -0.4 is 5.32 Å². The maximum Gasteiger partial charge on any atom is 0.338 e. The molecule has 0 radical (unpaired) electrons. The molecular weight excluding hydrogens is 242 g/mol. The van der Waals surface area contributed by atoms with Gasteiger partial charge in [-0.3, -0.25) is 0 Å². The Morgan fingerprint density at radius 3 is 3.05 bits per heavy atom. The molecule has 1 aliphatic carbocycles. The van der Waals surface area contributed by atoms with Crippen LogP contribution in [0.25, 0.3) is 0 Å². The maximum absolute atomic E-state index is 10.8. The highest BCUT2D eigenvalue weighted by molar-refractivity contribution is 5.87. The van der Waals surface area contributed by atoms with Gasteiger partial charge in [0.25, 0.3) is 0 Å². The summed E-state index contributed by atoms with van der Waals surface area (Å²) in [5.41, 5.74) is 2.93. The second-order valence-corrected chi connectivity index (χ2v) is 4.78. The van der Waals surface area contributed by atoms with Gasteiger partial charge in [0.2, 0.25) is 0 Å². The van der Waals surface area contributed by atoms with Crippen LogP contribution in [0.5, 0.6) is 0 Å². The zero-order valence-electron chi connectivity index (χ0n) is 10.4. The first kappa shape index (κ1) is 12.0. The molecule has 98 valence electrons. The maximum atomic E-state index is 10.8. The predicted molar refractivity (Wildman–Crippen MR) is 70.0 cm³/mol. The Kier molecular flexibility index (Phi) is 3.09. The zero-order valence-corrected chi connectivity index (χ0v) is 10.4. The van der Waals surface area contributed by atoms with E-state index in [1.807, 2.05) is 6.07 Å². The van der Waals surface area contributed by atoms with Crippen LogP contribution in [0.4, 0.5) is 0 Å². The third-order valence-corrected chi connectivity index (χ3v) is 3.56. The number of nitrogens with one attached hydrogen (secondary N) is 1. The molecular formula is C15H15NO3. The Balaban J connectivity index is 1.65. The topological polar surface area (TPSA) is 62.5 Å². The van der Waals surface area contributed by atoms with E-state index < -0.39 is 5.97 Å². The number of aromatic carboxylic acids is 1. The average Bonchev–Trinajstić information content (AvgIpc) is 3.03. The highest BCUT2D eigenvalue weighted by Crippen LogP contribution is 2.30. The number of aryl methyl sites for hydroxylation is 1. The molecule has 0 bridgehead atoms.